The van der Waals surface area contributed by atoms with Crippen molar-refractivity contribution in [1.82, 2.24) is 19.9 Å². The van der Waals surface area contributed by atoms with Crippen LogP contribution in [-0.4, -0.2) is 78.2 Å². The summed E-state index contributed by atoms with van der Waals surface area (Å²) in [7, 11) is 2.16. The van der Waals surface area contributed by atoms with Crippen LogP contribution in [0.2, 0.25) is 0 Å². The highest BCUT2D eigenvalue weighted by Crippen LogP contribution is 2.32. The molecular weight excluding hydrogens is 480 g/mol. The van der Waals surface area contributed by atoms with Crippen molar-refractivity contribution in [3.05, 3.63) is 54.0 Å². The van der Waals surface area contributed by atoms with Gasteiger partial charge in [-0.25, -0.2) is 9.97 Å². The van der Waals surface area contributed by atoms with E-state index < -0.39 is 5.91 Å². The summed E-state index contributed by atoms with van der Waals surface area (Å²) >= 11 is 0. The highest BCUT2D eigenvalue weighted by molar-refractivity contribution is 5.97. The van der Waals surface area contributed by atoms with Crippen molar-refractivity contribution < 1.29 is 9.53 Å². The lowest BCUT2D eigenvalue weighted by atomic mass is 10.1. The highest BCUT2D eigenvalue weighted by Gasteiger charge is 2.23. The van der Waals surface area contributed by atoms with Gasteiger partial charge in [-0.2, -0.15) is 0 Å². The summed E-state index contributed by atoms with van der Waals surface area (Å²) in [5.41, 5.74) is 10.6. The predicted molar refractivity (Wildman–Crippen MR) is 150 cm³/mol. The van der Waals surface area contributed by atoms with Crippen molar-refractivity contribution in [3.8, 4) is 11.3 Å². The number of benzene rings is 1. The number of ether oxygens (including phenoxy) is 1. The highest BCUT2D eigenvalue weighted by atomic mass is 16.5. The van der Waals surface area contributed by atoms with Gasteiger partial charge in [-0.05, 0) is 62.2 Å². The van der Waals surface area contributed by atoms with Gasteiger partial charge in [-0.15, -0.1) is 0 Å². The van der Waals surface area contributed by atoms with E-state index in [4.69, 9.17) is 20.4 Å². The van der Waals surface area contributed by atoms with E-state index in [2.05, 4.69) is 51.5 Å². The second-order valence-electron chi connectivity index (χ2n) is 9.86. The zero-order valence-electron chi connectivity index (χ0n) is 22.1. The van der Waals surface area contributed by atoms with Crippen LogP contribution in [0.15, 0.2) is 42.7 Å². The summed E-state index contributed by atoms with van der Waals surface area (Å²) in [5, 5.41) is 6.89. The van der Waals surface area contributed by atoms with Gasteiger partial charge >= 0.3 is 0 Å². The van der Waals surface area contributed by atoms with Gasteiger partial charge in [0.2, 0.25) is 0 Å². The van der Waals surface area contributed by atoms with Gasteiger partial charge < -0.3 is 30.9 Å². The number of nitrogens with zero attached hydrogens (tertiary/aromatic N) is 5. The number of hydrogen-bond donors (Lipinski definition) is 3. The molecule has 0 unspecified atom stereocenters. The number of carbonyl (C=O) groups is 1. The number of rotatable bonds is 8. The summed E-state index contributed by atoms with van der Waals surface area (Å²) in [6.45, 7) is 7.66. The first kappa shape index (κ1) is 25.9. The lowest BCUT2D eigenvalue weighted by Crippen LogP contribution is -2.44. The van der Waals surface area contributed by atoms with E-state index in [1.54, 1.807) is 12.4 Å². The molecule has 2 saturated heterocycles. The fourth-order valence-electron chi connectivity index (χ4n) is 4.98. The number of nitrogens with one attached hydrogen (secondary N) is 2. The van der Waals surface area contributed by atoms with E-state index in [-0.39, 0.29) is 11.7 Å². The van der Waals surface area contributed by atoms with E-state index in [0.29, 0.717) is 30.5 Å². The Morgan fingerprint density at radius 2 is 1.79 bits per heavy atom. The number of hydrogen-bond acceptors (Lipinski definition) is 9. The van der Waals surface area contributed by atoms with Crippen LogP contribution in [0, 0.1) is 0 Å². The normalized spacial score (nSPS) is 16.8. The predicted octanol–water partition coefficient (Wildman–Crippen LogP) is 3.29. The summed E-state index contributed by atoms with van der Waals surface area (Å²) in [4.78, 5) is 31.0. The van der Waals surface area contributed by atoms with Crippen molar-refractivity contribution in [2.75, 3.05) is 62.0 Å². The molecule has 0 aliphatic carbocycles. The number of pyridine rings is 1. The lowest BCUT2D eigenvalue weighted by molar-refractivity contribution is 0.0904. The molecule has 2 aromatic heterocycles. The first-order chi connectivity index (χ1) is 18.5. The van der Waals surface area contributed by atoms with Crippen LogP contribution in [-0.2, 0) is 11.2 Å². The van der Waals surface area contributed by atoms with Crippen molar-refractivity contribution >= 4 is 28.9 Å². The second kappa shape index (κ2) is 11.7. The molecule has 2 fully saturated rings. The number of nitrogens with two attached hydrogens (primary N) is 1. The van der Waals surface area contributed by atoms with Crippen molar-refractivity contribution in [1.29, 1.82) is 0 Å². The Hall–Kier alpha value is -3.76. The summed E-state index contributed by atoms with van der Waals surface area (Å²) < 4.78 is 5.52. The minimum absolute atomic E-state index is 0.0931. The fraction of sp³-hybridized carbons (Fsp3) is 0.429. The molecule has 38 heavy (non-hydrogen) atoms. The summed E-state index contributed by atoms with van der Waals surface area (Å²) in [6.07, 6.45) is 6.01. The Kier molecular flexibility index (Phi) is 8.00. The Labute approximate surface area is 223 Å². The van der Waals surface area contributed by atoms with Crippen molar-refractivity contribution in [3.63, 3.8) is 0 Å². The molecule has 5 rings (SSSR count). The first-order valence-electron chi connectivity index (χ1n) is 13.3. The van der Waals surface area contributed by atoms with Crippen LogP contribution in [0.25, 0.3) is 11.3 Å². The fourth-order valence-corrected chi connectivity index (χ4v) is 4.98. The third-order valence-electron chi connectivity index (χ3n) is 7.21. The minimum atomic E-state index is -0.641. The van der Waals surface area contributed by atoms with E-state index in [9.17, 15) is 4.79 Å². The molecule has 3 aromatic rings. The molecule has 4 heterocycles. The number of carbonyl (C=O) groups excluding carboxylic acids is 1. The molecule has 1 amide bonds. The molecule has 0 saturated carbocycles. The largest absolute Gasteiger partial charge is 0.381 e. The van der Waals surface area contributed by atoms with Crippen molar-refractivity contribution in [2.24, 2.45) is 5.73 Å². The maximum Gasteiger partial charge on any atom is 0.271 e. The smallest absolute Gasteiger partial charge is 0.271 e. The number of anilines is 4. The maximum atomic E-state index is 12.5. The average molecular weight is 517 g/mol. The SMILES string of the molecule is CCc1cc(Nc2nc(NC3CCOCC3)c(-c3ccncc3)nc2C(N)=O)ccc1N1CCN(C)CC1. The molecule has 2 aliphatic heterocycles. The number of primary amides is 1. The van der Waals surface area contributed by atoms with Gasteiger partial charge in [0.05, 0.1) is 0 Å². The Bertz CT molecular complexity index is 1260. The standard InChI is InChI=1S/C28H36N8O2/c1-3-19-18-22(4-5-23(19)36-14-12-35(2)13-15-36)32-28-25(26(29)37)33-24(20-6-10-30-11-7-20)27(34-28)31-21-8-16-38-17-9-21/h4-7,10-11,18,21H,3,8-9,12-17H2,1-2H3,(H2,29,37)(H2,31,32,34). The van der Waals surface area contributed by atoms with E-state index in [1.165, 1.54) is 11.3 Å². The molecule has 4 N–H and O–H groups in total. The van der Waals surface area contributed by atoms with Gasteiger partial charge in [0.1, 0.15) is 5.69 Å². The number of likely N-dealkylation sites (N-methyl/N-ethyl adjacent to an activating group) is 1. The number of aromatic nitrogens is 3. The second-order valence-corrected chi connectivity index (χ2v) is 9.86. The van der Waals surface area contributed by atoms with E-state index >= 15 is 0 Å². The zero-order chi connectivity index (χ0) is 26.5. The van der Waals surface area contributed by atoms with Gasteiger partial charge in [0, 0.05) is 74.8 Å². The lowest BCUT2D eigenvalue weighted by Gasteiger charge is -2.35. The molecule has 1 aromatic carbocycles. The number of aryl methyl sites for hydroxylation is 1. The van der Waals surface area contributed by atoms with E-state index in [0.717, 1.165) is 56.7 Å². The maximum absolute atomic E-state index is 12.5. The first-order valence-corrected chi connectivity index (χ1v) is 13.3. The molecule has 0 spiro atoms. The monoisotopic (exact) mass is 516 g/mol. The van der Waals surface area contributed by atoms with Crippen LogP contribution in [0.3, 0.4) is 0 Å². The van der Waals surface area contributed by atoms with Crippen LogP contribution in [0.5, 0.6) is 0 Å². The summed E-state index contributed by atoms with van der Waals surface area (Å²) in [6, 6.07) is 10.2. The molecule has 2 aliphatic rings. The molecule has 200 valence electrons. The topological polar surface area (TPSA) is 122 Å². The molecule has 10 nitrogen and oxygen atoms in total. The number of amides is 1. The zero-order valence-corrected chi connectivity index (χ0v) is 22.1. The number of piperazine rings is 1. The Balaban J connectivity index is 1.49. The average Bonchev–Trinajstić information content (AvgIpc) is 2.94. The van der Waals surface area contributed by atoms with Crippen LogP contribution in [0.4, 0.5) is 23.0 Å². The molecule has 0 radical (unpaired) electrons. The van der Waals surface area contributed by atoms with Crippen LogP contribution < -0.4 is 21.3 Å². The minimum Gasteiger partial charge on any atom is -0.381 e. The van der Waals surface area contributed by atoms with Crippen LogP contribution >= 0.6 is 0 Å². The van der Waals surface area contributed by atoms with Crippen molar-refractivity contribution in [2.45, 2.75) is 32.2 Å². The summed E-state index contributed by atoms with van der Waals surface area (Å²) in [5.74, 6) is 0.289. The Morgan fingerprint density at radius 1 is 1.05 bits per heavy atom. The quantitative estimate of drug-likeness (QED) is 0.414. The third-order valence-corrected chi connectivity index (χ3v) is 7.21. The molecule has 10 heteroatoms. The van der Waals surface area contributed by atoms with Gasteiger partial charge in [-0.1, -0.05) is 6.92 Å². The Morgan fingerprint density at radius 3 is 2.47 bits per heavy atom. The molecule has 0 bridgehead atoms. The van der Waals surface area contributed by atoms with Gasteiger partial charge in [0.15, 0.2) is 17.3 Å². The van der Waals surface area contributed by atoms with Gasteiger partial charge in [-0.3, -0.25) is 9.78 Å². The van der Waals surface area contributed by atoms with Gasteiger partial charge in [0.25, 0.3) is 5.91 Å². The molecular formula is C28H36N8O2. The molecule has 0 atom stereocenters. The van der Waals surface area contributed by atoms with Crippen LogP contribution in [0.1, 0.15) is 35.8 Å². The van der Waals surface area contributed by atoms with E-state index in [1.807, 2.05) is 18.2 Å². The third kappa shape index (κ3) is 5.87.